The summed E-state index contributed by atoms with van der Waals surface area (Å²) >= 11 is 0.349. The van der Waals surface area contributed by atoms with Crippen molar-refractivity contribution in [2.75, 3.05) is 7.11 Å². The van der Waals surface area contributed by atoms with Crippen LogP contribution in [0.5, 0.6) is 5.75 Å². The van der Waals surface area contributed by atoms with Crippen LogP contribution in [0, 0.1) is 0 Å². The predicted molar refractivity (Wildman–Crippen MR) is 95.7 cm³/mol. The molecule has 23 heavy (non-hydrogen) atoms. The number of nitrogens with zero attached hydrogens (tertiary/aromatic N) is 1. The molecule has 0 spiro atoms. The van der Waals surface area contributed by atoms with E-state index in [2.05, 4.69) is 59.6 Å². The van der Waals surface area contributed by atoms with Crippen LogP contribution in [0.3, 0.4) is 0 Å². The first kappa shape index (κ1) is 15.8. The molecule has 3 aromatic rings. The van der Waals surface area contributed by atoms with Crippen LogP contribution < -0.4 is 9.33 Å². The molecule has 3 heteroatoms. The molecule has 0 N–H and O–H groups in total. The van der Waals surface area contributed by atoms with E-state index < -0.39 is 0 Å². The van der Waals surface area contributed by atoms with Crippen molar-refractivity contribution in [3.8, 4) is 5.75 Å². The monoisotopic (exact) mass is 369 g/mol. The zero-order chi connectivity index (χ0) is 15.9. The molecule has 0 bridgehead atoms. The number of rotatable bonds is 6. The molecule has 0 fully saturated rings. The zero-order valence-electron chi connectivity index (χ0n) is 13.1. The fourth-order valence-electron chi connectivity index (χ4n) is 2.51. The third-order valence-electron chi connectivity index (χ3n) is 3.76. The second-order valence-corrected chi connectivity index (χ2v) is 7.40. The van der Waals surface area contributed by atoms with Gasteiger partial charge in [0.05, 0.1) is 0 Å². The third-order valence-corrected chi connectivity index (χ3v) is 5.93. The summed E-state index contributed by atoms with van der Waals surface area (Å²) in [7, 11) is 1.70. The van der Waals surface area contributed by atoms with Crippen molar-refractivity contribution in [3.05, 3.63) is 90.1 Å². The summed E-state index contributed by atoms with van der Waals surface area (Å²) < 4.78 is 6.48. The van der Waals surface area contributed by atoms with Crippen LogP contribution in [0.1, 0.15) is 17.0 Å². The maximum atomic E-state index is 5.28. The second kappa shape index (κ2) is 7.96. The Labute approximate surface area is 143 Å². The molecule has 0 unspecified atom stereocenters. The van der Waals surface area contributed by atoms with Gasteiger partial charge in [0.15, 0.2) is 0 Å². The molecule has 2 aromatic carbocycles. The third kappa shape index (κ3) is 4.22. The van der Waals surface area contributed by atoms with E-state index in [1.807, 2.05) is 24.4 Å². The molecule has 116 valence electrons. The molecule has 1 aromatic heterocycles. The minimum absolute atomic E-state index is 0.349. The van der Waals surface area contributed by atoms with Gasteiger partial charge in [0, 0.05) is 0 Å². The van der Waals surface area contributed by atoms with Gasteiger partial charge in [0.1, 0.15) is 0 Å². The van der Waals surface area contributed by atoms with Crippen LogP contribution >= 0.6 is 0 Å². The van der Waals surface area contributed by atoms with Gasteiger partial charge < -0.3 is 0 Å². The summed E-state index contributed by atoms with van der Waals surface area (Å²) in [6, 6.07) is 25.3. The SMILES string of the molecule is COc1ccc([C@@H](C[Se]c2ccccn2)c2ccccc2)cc1. The quantitative estimate of drug-likeness (QED) is 0.620. The van der Waals surface area contributed by atoms with Crippen molar-refractivity contribution in [1.82, 2.24) is 4.98 Å². The second-order valence-electron chi connectivity index (χ2n) is 5.22. The van der Waals surface area contributed by atoms with E-state index in [0.29, 0.717) is 20.9 Å². The van der Waals surface area contributed by atoms with E-state index >= 15 is 0 Å². The molecule has 0 saturated carbocycles. The van der Waals surface area contributed by atoms with Crippen LogP contribution in [0.25, 0.3) is 0 Å². The molecule has 1 heterocycles. The molecule has 3 rings (SSSR count). The van der Waals surface area contributed by atoms with Gasteiger partial charge in [0.25, 0.3) is 0 Å². The Kier molecular flexibility index (Phi) is 5.46. The molecule has 0 radical (unpaired) electrons. The van der Waals surface area contributed by atoms with Crippen LogP contribution in [0.2, 0.25) is 5.32 Å². The maximum absolute atomic E-state index is 5.28. The molecule has 0 aliphatic rings. The fourth-order valence-corrected chi connectivity index (χ4v) is 4.67. The Morgan fingerprint density at radius 2 is 1.57 bits per heavy atom. The first-order chi connectivity index (χ1) is 11.4. The Bertz CT molecular complexity index is 714. The first-order valence-corrected chi connectivity index (χ1v) is 9.66. The molecule has 0 aliphatic heterocycles. The molecule has 2 nitrogen and oxygen atoms in total. The predicted octanol–water partition coefficient (Wildman–Crippen LogP) is 3.67. The summed E-state index contributed by atoms with van der Waals surface area (Å²) in [5.41, 5.74) is 2.69. The van der Waals surface area contributed by atoms with Crippen molar-refractivity contribution in [2.45, 2.75) is 11.2 Å². The first-order valence-electron chi connectivity index (χ1n) is 7.59. The van der Waals surface area contributed by atoms with Crippen molar-refractivity contribution in [2.24, 2.45) is 0 Å². The fraction of sp³-hybridized carbons (Fsp3) is 0.150. The number of pyridine rings is 1. The number of aromatic nitrogens is 1. The minimum atomic E-state index is 0.349. The normalized spacial score (nSPS) is 11.9. The van der Waals surface area contributed by atoms with E-state index in [1.54, 1.807) is 7.11 Å². The van der Waals surface area contributed by atoms with Crippen molar-refractivity contribution >= 4 is 19.5 Å². The zero-order valence-corrected chi connectivity index (χ0v) is 14.8. The van der Waals surface area contributed by atoms with Gasteiger partial charge in [0.2, 0.25) is 0 Å². The van der Waals surface area contributed by atoms with Crippen molar-refractivity contribution in [3.63, 3.8) is 0 Å². The van der Waals surface area contributed by atoms with Crippen LogP contribution in [-0.2, 0) is 0 Å². The number of benzene rings is 2. The Hall–Kier alpha value is -2.09. The van der Waals surface area contributed by atoms with Gasteiger partial charge >= 0.3 is 143 Å². The van der Waals surface area contributed by atoms with Gasteiger partial charge in [-0.1, -0.05) is 0 Å². The summed E-state index contributed by atoms with van der Waals surface area (Å²) in [5, 5.41) is 1.10. The molecule has 0 aliphatic carbocycles. The molecular formula is C20H19NOSe. The van der Waals surface area contributed by atoms with Gasteiger partial charge in [-0.2, -0.15) is 0 Å². The van der Waals surface area contributed by atoms with Crippen LogP contribution in [0.4, 0.5) is 0 Å². The molecule has 0 saturated heterocycles. The van der Waals surface area contributed by atoms with Gasteiger partial charge in [-0.25, -0.2) is 0 Å². The number of hydrogen-bond donors (Lipinski definition) is 0. The standard InChI is InChI=1S/C20H19NOSe/c1-22-18-12-10-17(11-13-18)19(16-7-3-2-4-8-16)15-23-20-9-5-6-14-21-20/h2-14,19H,15H2,1H3/t19-/m0/s1. The van der Waals surface area contributed by atoms with Crippen molar-refractivity contribution < 1.29 is 4.74 Å². The Balaban J connectivity index is 1.84. The van der Waals surface area contributed by atoms with Crippen LogP contribution in [0.15, 0.2) is 79.0 Å². The van der Waals surface area contributed by atoms with Gasteiger partial charge in [-0.15, -0.1) is 0 Å². The van der Waals surface area contributed by atoms with E-state index in [9.17, 15) is 0 Å². The average molecular weight is 368 g/mol. The number of ether oxygens (including phenoxy) is 1. The number of methoxy groups -OCH3 is 1. The van der Waals surface area contributed by atoms with E-state index in [4.69, 9.17) is 4.74 Å². The van der Waals surface area contributed by atoms with Gasteiger partial charge in [-0.05, 0) is 0 Å². The topological polar surface area (TPSA) is 22.1 Å². The van der Waals surface area contributed by atoms with E-state index in [-0.39, 0.29) is 0 Å². The van der Waals surface area contributed by atoms with Gasteiger partial charge in [-0.3, -0.25) is 0 Å². The molecule has 1 atom stereocenters. The summed E-state index contributed by atoms with van der Waals surface area (Å²) in [6.45, 7) is 0. The van der Waals surface area contributed by atoms with E-state index in [1.165, 1.54) is 15.7 Å². The average Bonchev–Trinajstić information content (AvgIpc) is 2.64. The summed E-state index contributed by atoms with van der Waals surface area (Å²) in [4.78, 5) is 4.47. The van der Waals surface area contributed by atoms with Crippen molar-refractivity contribution in [1.29, 1.82) is 0 Å². The Morgan fingerprint density at radius 3 is 2.22 bits per heavy atom. The molecular weight excluding hydrogens is 349 g/mol. The Morgan fingerprint density at radius 1 is 0.870 bits per heavy atom. The molecule has 0 amide bonds. The van der Waals surface area contributed by atoms with Crippen LogP contribution in [-0.4, -0.2) is 27.1 Å². The summed E-state index contributed by atoms with van der Waals surface area (Å²) in [5.74, 6) is 1.29. The number of hydrogen-bond acceptors (Lipinski definition) is 2. The van der Waals surface area contributed by atoms with E-state index in [0.717, 1.165) is 11.1 Å². The summed E-state index contributed by atoms with van der Waals surface area (Å²) in [6.07, 6.45) is 1.88.